The van der Waals surface area contributed by atoms with E-state index in [4.69, 9.17) is 0 Å². The van der Waals surface area contributed by atoms with Crippen LogP contribution in [0, 0.1) is 5.82 Å². The molecule has 2 aromatic carbocycles. The maximum Gasteiger partial charge on any atom is 0.247 e. The van der Waals surface area contributed by atoms with Crippen molar-refractivity contribution in [3.8, 4) is 11.3 Å². The van der Waals surface area contributed by atoms with Gasteiger partial charge in [0.2, 0.25) is 5.91 Å². The summed E-state index contributed by atoms with van der Waals surface area (Å²) in [4.78, 5) is 21.1. The Morgan fingerprint density at radius 2 is 2.11 bits per heavy atom. The van der Waals surface area contributed by atoms with Crippen LogP contribution in [0.4, 0.5) is 27.3 Å². The molecular weight excluding hydrogens is 459 g/mol. The normalized spacial score (nSPS) is 15.7. The van der Waals surface area contributed by atoms with Crippen molar-refractivity contribution in [1.82, 2.24) is 24.7 Å². The van der Waals surface area contributed by atoms with Crippen molar-refractivity contribution in [3.63, 3.8) is 0 Å². The molecule has 36 heavy (non-hydrogen) atoms. The van der Waals surface area contributed by atoms with Crippen LogP contribution >= 0.6 is 0 Å². The Bertz CT molecular complexity index is 1430. The molecule has 0 radical (unpaired) electrons. The summed E-state index contributed by atoms with van der Waals surface area (Å²) in [6, 6.07) is 14.2. The molecular formula is C26H27FN8O. The number of carbonyl (C=O) groups is 1. The number of aromatic nitrogens is 4. The number of nitrogens with zero attached hydrogens (tertiary/aromatic N) is 6. The number of likely N-dealkylation sites (tertiary alicyclic amines) is 1. The molecule has 1 amide bonds. The number of likely N-dealkylation sites (N-methyl/N-ethyl adjacent to an activating group) is 2. The highest BCUT2D eigenvalue weighted by molar-refractivity contribution is 6.01. The Morgan fingerprint density at radius 1 is 1.25 bits per heavy atom. The predicted molar refractivity (Wildman–Crippen MR) is 139 cm³/mol. The number of hydrogen-bond acceptors (Lipinski definition) is 7. The lowest BCUT2D eigenvalue weighted by Gasteiger charge is -2.29. The van der Waals surface area contributed by atoms with E-state index in [0.717, 1.165) is 30.9 Å². The third-order valence-electron chi connectivity index (χ3n) is 6.41. The van der Waals surface area contributed by atoms with Crippen LogP contribution in [0.1, 0.15) is 6.42 Å². The van der Waals surface area contributed by atoms with E-state index in [1.165, 1.54) is 22.7 Å². The lowest BCUT2D eigenvalue weighted by molar-refractivity contribution is -0.111. The average molecular weight is 487 g/mol. The molecule has 2 aromatic heterocycles. The SMILES string of the molecule is C=CC(=O)Nc1cc(Nc2cc3c(-c4cccc(F)c4)nnn3cn2)ccc1N(C)C1CCN(C)C1. The van der Waals surface area contributed by atoms with E-state index >= 15 is 0 Å². The molecule has 1 fully saturated rings. The van der Waals surface area contributed by atoms with Gasteiger partial charge in [0, 0.05) is 37.0 Å². The smallest absolute Gasteiger partial charge is 0.247 e. The van der Waals surface area contributed by atoms with Crippen LogP contribution in [0.3, 0.4) is 0 Å². The number of nitrogens with one attached hydrogen (secondary N) is 2. The van der Waals surface area contributed by atoms with E-state index in [0.29, 0.717) is 34.3 Å². The fourth-order valence-corrected chi connectivity index (χ4v) is 4.49. The topological polar surface area (TPSA) is 90.7 Å². The van der Waals surface area contributed by atoms with Crippen LogP contribution in [0.2, 0.25) is 0 Å². The average Bonchev–Trinajstić information content (AvgIpc) is 3.50. The van der Waals surface area contributed by atoms with Crippen LogP contribution < -0.4 is 15.5 Å². The molecule has 1 atom stereocenters. The summed E-state index contributed by atoms with van der Waals surface area (Å²) < 4.78 is 15.3. The van der Waals surface area contributed by atoms with Gasteiger partial charge < -0.3 is 20.4 Å². The first kappa shape index (κ1) is 23.4. The third-order valence-corrected chi connectivity index (χ3v) is 6.41. The van der Waals surface area contributed by atoms with Crippen LogP contribution in [0.5, 0.6) is 0 Å². The van der Waals surface area contributed by atoms with Crippen molar-refractivity contribution < 1.29 is 9.18 Å². The minimum atomic E-state index is -0.343. The number of amides is 1. The third kappa shape index (κ3) is 4.76. The number of benzene rings is 2. The second-order valence-corrected chi connectivity index (χ2v) is 8.92. The fourth-order valence-electron chi connectivity index (χ4n) is 4.49. The number of hydrogen-bond donors (Lipinski definition) is 2. The molecule has 1 saturated heterocycles. The molecule has 10 heteroatoms. The van der Waals surface area contributed by atoms with Gasteiger partial charge >= 0.3 is 0 Å². The second kappa shape index (κ2) is 9.74. The molecule has 3 heterocycles. The van der Waals surface area contributed by atoms with Gasteiger partial charge in [-0.15, -0.1) is 5.10 Å². The molecule has 184 valence electrons. The van der Waals surface area contributed by atoms with Gasteiger partial charge in [0.1, 0.15) is 23.7 Å². The van der Waals surface area contributed by atoms with Crippen molar-refractivity contribution in [2.75, 3.05) is 42.7 Å². The molecule has 0 saturated carbocycles. The van der Waals surface area contributed by atoms with Gasteiger partial charge in [0.15, 0.2) is 0 Å². The maximum atomic E-state index is 13.8. The van der Waals surface area contributed by atoms with Crippen molar-refractivity contribution in [1.29, 1.82) is 0 Å². The van der Waals surface area contributed by atoms with E-state index in [1.54, 1.807) is 24.5 Å². The second-order valence-electron chi connectivity index (χ2n) is 8.92. The minimum absolute atomic E-state index is 0.282. The highest BCUT2D eigenvalue weighted by Crippen LogP contribution is 2.33. The summed E-state index contributed by atoms with van der Waals surface area (Å²) in [6.07, 6.45) is 3.86. The summed E-state index contributed by atoms with van der Waals surface area (Å²) in [6.45, 7) is 5.58. The molecule has 9 nitrogen and oxygen atoms in total. The van der Waals surface area contributed by atoms with Crippen LogP contribution in [-0.2, 0) is 4.79 Å². The summed E-state index contributed by atoms with van der Waals surface area (Å²) in [7, 11) is 4.16. The van der Waals surface area contributed by atoms with E-state index in [9.17, 15) is 9.18 Å². The zero-order chi connectivity index (χ0) is 25.2. The van der Waals surface area contributed by atoms with E-state index < -0.39 is 0 Å². The quantitative estimate of drug-likeness (QED) is 0.383. The highest BCUT2D eigenvalue weighted by atomic mass is 19.1. The summed E-state index contributed by atoms with van der Waals surface area (Å²) in [5, 5.41) is 14.5. The molecule has 5 rings (SSSR count). The number of rotatable bonds is 7. The number of carbonyl (C=O) groups excluding carboxylic acids is 1. The van der Waals surface area contributed by atoms with Crippen LogP contribution in [0.15, 0.2) is 67.5 Å². The van der Waals surface area contributed by atoms with Crippen molar-refractivity contribution >= 4 is 34.3 Å². The zero-order valence-electron chi connectivity index (χ0n) is 20.1. The van der Waals surface area contributed by atoms with Gasteiger partial charge in [-0.2, -0.15) is 0 Å². The lowest BCUT2D eigenvalue weighted by atomic mass is 10.1. The molecule has 1 aliphatic heterocycles. The molecule has 2 N–H and O–H groups in total. The Labute approximate surface area is 208 Å². The largest absolute Gasteiger partial charge is 0.369 e. The van der Waals surface area contributed by atoms with Gasteiger partial charge in [-0.25, -0.2) is 13.9 Å². The number of anilines is 4. The molecule has 0 aliphatic carbocycles. The number of fused-ring (bicyclic) bond motifs is 1. The first-order valence-electron chi connectivity index (χ1n) is 11.6. The number of halogens is 1. The first-order chi connectivity index (χ1) is 17.4. The molecule has 0 spiro atoms. The minimum Gasteiger partial charge on any atom is -0.369 e. The van der Waals surface area contributed by atoms with Gasteiger partial charge in [-0.05, 0) is 56.4 Å². The monoisotopic (exact) mass is 486 g/mol. The summed E-state index contributed by atoms with van der Waals surface area (Å²) in [5.41, 5.74) is 4.20. The van der Waals surface area contributed by atoms with Gasteiger partial charge in [0.05, 0.1) is 16.9 Å². The predicted octanol–water partition coefficient (Wildman–Crippen LogP) is 3.94. The van der Waals surface area contributed by atoms with Gasteiger partial charge in [-0.1, -0.05) is 23.9 Å². The zero-order valence-corrected chi connectivity index (χ0v) is 20.1. The van der Waals surface area contributed by atoms with Gasteiger partial charge in [0.25, 0.3) is 0 Å². The standard InChI is InChI=1S/C26H27FN8O/c1-4-25(36)30-21-13-19(8-9-22(21)34(3)20-10-11-33(2)15-20)29-24-14-23-26(31-32-35(23)16-28-24)17-6-5-7-18(27)12-17/h4-9,12-14,16,20,29H,1,10-11,15H2,2-3H3,(H,30,36). The molecule has 1 aliphatic rings. The Hall–Kier alpha value is -4.31. The molecule has 4 aromatic rings. The van der Waals surface area contributed by atoms with E-state index in [1.807, 2.05) is 25.2 Å². The maximum absolute atomic E-state index is 13.8. The van der Waals surface area contributed by atoms with Gasteiger partial charge in [-0.3, -0.25) is 4.79 Å². The lowest BCUT2D eigenvalue weighted by Crippen LogP contribution is -2.34. The van der Waals surface area contributed by atoms with E-state index in [-0.39, 0.29) is 11.7 Å². The fraction of sp³-hybridized carbons (Fsp3) is 0.231. The van der Waals surface area contributed by atoms with Crippen molar-refractivity contribution in [3.05, 3.63) is 73.3 Å². The van der Waals surface area contributed by atoms with E-state index in [2.05, 4.69) is 49.4 Å². The van der Waals surface area contributed by atoms with Crippen molar-refractivity contribution in [2.45, 2.75) is 12.5 Å². The summed E-state index contributed by atoms with van der Waals surface area (Å²) in [5.74, 6) is -0.0682. The molecule has 1 unspecified atom stereocenters. The van der Waals surface area contributed by atoms with Crippen LogP contribution in [-0.4, -0.2) is 63.8 Å². The Kier molecular flexibility index (Phi) is 6.34. The first-order valence-corrected chi connectivity index (χ1v) is 11.6. The Morgan fingerprint density at radius 3 is 2.86 bits per heavy atom. The summed E-state index contributed by atoms with van der Waals surface area (Å²) >= 11 is 0. The highest BCUT2D eigenvalue weighted by Gasteiger charge is 2.25. The Balaban J connectivity index is 1.45. The van der Waals surface area contributed by atoms with Crippen molar-refractivity contribution in [2.24, 2.45) is 0 Å². The molecule has 0 bridgehead atoms. The van der Waals surface area contributed by atoms with Crippen LogP contribution in [0.25, 0.3) is 16.8 Å².